The largest absolute Gasteiger partial charge is 0.339 e. The van der Waals surface area contributed by atoms with E-state index in [-0.39, 0.29) is 11.7 Å². The van der Waals surface area contributed by atoms with E-state index in [2.05, 4.69) is 19.2 Å². The van der Waals surface area contributed by atoms with Gasteiger partial charge in [-0.15, -0.1) is 0 Å². The van der Waals surface area contributed by atoms with Crippen molar-refractivity contribution < 1.29 is 9.59 Å². The number of nitrogens with one attached hydrogen (secondary N) is 1. The molecule has 0 bridgehead atoms. The van der Waals surface area contributed by atoms with E-state index < -0.39 is 0 Å². The minimum Gasteiger partial charge on any atom is -0.339 e. The van der Waals surface area contributed by atoms with Crippen LogP contribution >= 0.6 is 0 Å². The molecule has 0 radical (unpaired) electrons. The minimum absolute atomic E-state index is 0.0222. The fraction of sp³-hybridized carbons (Fsp3) is 0.364. The smallest absolute Gasteiger partial charge is 0.254 e. The molecule has 134 valence electrons. The number of carbonyl (C=O) groups is 2. The summed E-state index contributed by atoms with van der Waals surface area (Å²) in [5.41, 5.74) is 3.62. The molecule has 2 aromatic carbocycles. The number of hydrogen-bond acceptors (Lipinski definition) is 3. The van der Waals surface area contributed by atoms with Crippen molar-refractivity contribution in [3.63, 3.8) is 0 Å². The second kappa shape index (κ2) is 6.69. The van der Waals surface area contributed by atoms with Gasteiger partial charge in [0.15, 0.2) is 5.78 Å². The zero-order chi connectivity index (χ0) is 18.3. The van der Waals surface area contributed by atoms with Crippen LogP contribution in [0.3, 0.4) is 0 Å². The molecule has 1 N–H and O–H groups in total. The maximum atomic E-state index is 13.1. The Labute approximate surface area is 154 Å². The third kappa shape index (κ3) is 2.84. The van der Waals surface area contributed by atoms with Gasteiger partial charge in [0.25, 0.3) is 5.91 Å². The van der Waals surface area contributed by atoms with Gasteiger partial charge < -0.3 is 10.2 Å². The first-order valence-corrected chi connectivity index (χ1v) is 9.38. The van der Waals surface area contributed by atoms with Crippen molar-refractivity contribution in [1.29, 1.82) is 0 Å². The molecule has 2 aliphatic rings. The lowest BCUT2D eigenvalue weighted by Crippen LogP contribution is -2.46. The lowest BCUT2D eigenvalue weighted by atomic mass is 9.98. The normalized spacial score (nSPS) is 16.7. The van der Waals surface area contributed by atoms with E-state index in [0.717, 1.165) is 37.1 Å². The summed E-state index contributed by atoms with van der Waals surface area (Å²) in [5.74, 6) is -0.0538. The molecule has 1 saturated heterocycles. The van der Waals surface area contributed by atoms with E-state index in [1.165, 1.54) is 0 Å². The van der Waals surface area contributed by atoms with Crippen molar-refractivity contribution >= 4 is 11.7 Å². The van der Waals surface area contributed by atoms with E-state index in [1.807, 2.05) is 41.3 Å². The lowest BCUT2D eigenvalue weighted by molar-refractivity contribution is 0.0699. The average Bonchev–Trinajstić information content (AvgIpc) is 2.95. The molecule has 0 spiro atoms. The van der Waals surface area contributed by atoms with Crippen LogP contribution in [-0.2, 0) is 0 Å². The molecule has 2 aromatic rings. The Morgan fingerprint density at radius 1 is 1.00 bits per heavy atom. The van der Waals surface area contributed by atoms with Crippen molar-refractivity contribution in [1.82, 2.24) is 10.2 Å². The highest BCUT2D eigenvalue weighted by Gasteiger charge is 2.33. The van der Waals surface area contributed by atoms with E-state index >= 15 is 0 Å². The Balaban J connectivity index is 1.59. The summed E-state index contributed by atoms with van der Waals surface area (Å²) in [6.07, 6.45) is 1.90. The zero-order valence-corrected chi connectivity index (χ0v) is 15.3. The molecule has 0 atom stereocenters. The fourth-order valence-corrected chi connectivity index (χ4v) is 4.14. The van der Waals surface area contributed by atoms with Gasteiger partial charge in [-0.2, -0.15) is 0 Å². The number of piperidine rings is 1. The van der Waals surface area contributed by atoms with Crippen LogP contribution in [0.25, 0.3) is 11.1 Å². The molecule has 1 fully saturated rings. The summed E-state index contributed by atoms with van der Waals surface area (Å²) in [7, 11) is 0. The monoisotopic (exact) mass is 348 g/mol. The fourth-order valence-electron chi connectivity index (χ4n) is 4.14. The molecule has 1 aliphatic carbocycles. The molecular weight excluding hydrogens is 324 g/mol. The van der Waals surface area contributed by atoms with Gasteiger partial charge in [-0.05, 0) is 30.0 Å². The van der Waals surface area contributed by atoms with Crippen molar-refractivity contribution in [2.24, 2.45) is 0 Å². The van der Waals surface area contributed by atoms with Gasteiger partial charge in [-0.25, -0.2) is 0 Å². The Morgan fingerprint density at radius 2 is 1.65 bits per heavy atom. The maximum Gasteiger partial charge on any atom is 0.254 e. The van der Waals surface area contributed by atoms with Crippen LogP contribution in [0.4, 0.5) is 0 Å². The van der Waals surface area contributed by atoms with Crippen LogP contribution in [0.2, 0.25) is 0 Å². The van der Waals surface area contributed by atoms with Crippen LogP contribution in [0.1, 0.15) is 53.0 Å². The summed E-state index contributed by atoms with van der Waals surface area (Å²) in [6, 6.07) is 14.1. The SMILES string of the molecule is CC(C)NC1CCN(C(=O)c2cccc3c2C(=O)c2ccccc2-3)CC1. The van der Waals surface area contributed by atoms with E-state index in [4.69, 9.17) is 0 Å². The molecule has 0 aromatic heterocycles. The molecule has 1 heterocycles. The Hall–Kier alpha value is -2.46. The average molecular weight is 348 g/mol. The van der Waals surface area contributed by atoms with Crippen molar-refractivity contribution in [2.75, 3.05) is 13.1 Å². The molecule has 4 rings (SSSR count). The highest BCUT2D eigenvalue weighted by Crippen LogP contribution is 2.38. The Morgan fingerprint density at radius 3 is 2.35 bits per heavy atom. The Bertz CT molecular complexity index is 864. The standard InChI is InChI=1S/C22H24N2O2/c1-14(2)23-15-10-12-24(13-11-15)22(26)19-9-5-8-17-16-6-3-4-7-18(16)21(25)20(17)19/h3-9,14-15,23H,10-13H2,1-2H3. The molecule has 26 heavy (non-hydrogen) atoms. The minimum atomic E-state index is -0.0316. The van der Waals surface area contributed by atoms with Gasteiger partial charge in [0.2, 0.25) is 0 Å². The van der Waals surface area contributed by atoms with Crippen LogP contribution < -0.4 is 5.32 Å². The maximum absolute atomic E-state index is 13.1. The number of fused-ring (bicyclic) bond motifs is 3. The summed E-state index contributed by atoms with van der Waals surface area (Å²) in [6.45, 7) is 5.75. The number of amides is 1. The molecular formula is C22H24N2O2. The highest BCUT2D eigenvalue weighted by atomic mass is 16.2. The molecule has 1 aliphatic heterocycles. The van der Waals surface area contributed by atoms with Crippen LogP contribution in [0.15, 0.2) is 42.5 Å². The third-order valence-electron chi connectivity index (χ3n) is 5.33. The second-order valence-electron chi connectivity index (χ2n) is 7.49. The summed E-state index contributed by atoms with van der Waals surface area (Å²) >= 11 is 0. The predicted molar refractivity (Wildman–Crippen MR) is 103 cm³/mol. The van der Waals surface area contributed by atoms with Crippen molar-refractivity contribution in [3.8, 4) is 11.1 Å². The molecule has 4 heteroatoms. The number of nitrogens with zero attached hydrogens (tertiary/aromatic N) is 1. The zero-order valence-electron chi connectivity index (χ0n) is 15.3. The number of benzene rings is 2. The van der Waals surface area contributed by atoms with E-state index in [1.54, 1.807) is 6.07 Å². The van der Waals surface area contributed by atoms with E-state index in [0.29, 0.717) is 28.8 Å². The van der Waals surface area contributed by atoms with Gasteiger partial charge in [-0.1, -0.05) is 50.2 Å². The topological polar surface area (TPSA) is 49.4 Å². The van der Waals surface area contributed by atoms with Gasteiger partial charge >= 0.3 is 0 Å². The van der Waals surface area contributed by atoms with Crippen LogP contribution in [0.5, 0.6) is 0 Å². The Kier molecular flexibility index (Phi) is 4.37. The first-order valence-electron chi connectivity index (χ1n) is 9.38. The number of likely N-dealkylation sites (tertiary alicyclic amines) is 1. The first-order chi connectivity index (χ1) is 12.6. The van der Waals surface area contributed by atoms with Gasteiger partial charge in [-0.3, -0.25) is 9.59 Å². The molecule has 4 nitrogen and oxygen atoms in total. The highest BCUT2D eigenvalue weighted by molar-refractivity contribution is 6.25. The third-order valence-corrected chi connectivity index (χ3v) is 5.33. The second-order valence-corrected chi connectivity index (χ2v) is 7.49. The lowest BCUT2D eigenvalue weighted by Gasteiger charge is -2.33. The summed E-state index contributed by atoms with van der Waals surface area (Å²) < 4.78 is 0. The number of carbonyl (C=O) groups excluding carboxylic acids is 2. The van der Waals surface area contributed by atoms with Gasteiger partial charge in [0.1, 0.15) is 0 Å². The molecule has 0 saturated carbocycles. The number of rotatable bonds is 3. The van der Waals surface area contributed by atoms with Crippen LogP contribution in [0, 0.1) is 0 Å². The van der Waals surface area contributed by atoms with Gasteiger partial charge in [0.05, 0.1) is 5.56 Å². The number of ketones is 1. The quantitative estimate of drug-likeness (QED) is 0.788. The summed E-state index contributed by atoms with van der Waals surface area (Å²) in [5, 5.41) is 3.55. The van der Waals surface area contributed by atoms with E-state index in [9.17, 15) is 9.59 Å². The van der Waals surface area contributed by atoms with Crippen molar-refractivity contribution in [2.45, 2.75) is 38.8 Å². The van der Waals surface area contributed by atoms with Crippen LogP contribution in [-0.4, -0.2) is 41.8 Å². The summed E-state index contributed by atoms with van der Waals surface area (Å²) in [4.78, 5) is 27.9. The van der Waals surface area contributed by atoms with Crippen molar-refractivity contribution in [3.05, 3.63) is 59.2 Å². The first kappa shape index (κ1) is 17.0. The molecule has 0 unspecified atom stereocenters. The van der Waals surface area contributed by atoms with Gasteiger partial charge in [0, 0.05) is 36.3 Å². The number of hydrogen-bond donors (Lipinski definition) is 1. The molecule has 1 amide bonds. The predicted octanol–water partition coefficient (Wildman–Crippen LogP) is 3.50.